The van der Waals surface area contributed by atoms with Gasteiger partial charge in [0.1, 0.15) is 0 Å². The second-order valence-electron chi connectivity index (χ2n) is 5.11. The quantitative estimate of drug-likeness (QED) is 0.891. The summed E-state index contributed by atoms with van der Waals surface area (Å²) in [5.74, 6) is 0.251. The van der Waals surface area contributed by atoms with Crippen molar-refractivity contribution in [1.82, 2.24) is 4.90 Å². The Morgan fingerprint density at radius 3 is 2.94 bits per heavy atom. The summed E-state index contributed by atoms with van der Waals surface area (Å²) in [6.45, 7) is 2.21. The lowest BCUT2D eigenvalue weighted by atomic mass is 9.97. The average molecular weight is 265 g/mol. The van der Waals surface area contributed by atoms with Gasteiger partial charge in [-0.3, -0.25) is 9.69 Å². The zero-order chi connectivity index (χ0) is 12.5. The van der Waals surface area contributed by atoms with Crippen LogP contribution in [0.1, 0.15) is 19.3 Å². The van der Waals surface area contributed by atoms with Crippen molar-refractivity contribution in [2.24, 2.45) is 5.92 Å². The summed E-state index contributed by atoms with van der Waals surface area (Å²) in [5, 5.41) is 3.57. The maximum Gasteiger partial charge on any atom is 0.229 e. The number of nitrogens with one attached hydrogen (secondary N) is 1. The van der Waals surface area contributed by atoms with Crippen LogP contribution >= 0.6 is 11.6 Å². The van der Waals surface area contributed by atoms with Gasteiger partial charge in [-0.1, -0.05) is 23.7 Å². The van der Waals surface area contributed by atoms with Crippen LogP contribution in [0.2, 0.25) is 5.02 Å². The number of carbonyl (C=O) groups excluding carboxylic acids is 1. The molecule has 0 bridgehead atoms. The molecule has 2 unspecified atom stereocenters. The van der Waals surface area contributed by atoms with Gasteiger partial charge in [0.05, 0.1) is 16.6 Å². The van der Waals surface area contributed by atoms with Gasteiger partial charge in [0.15, 0.2) is 0 Å². The first-order valence-corrected chi connectivity index (χ1v) is 6.93. The Hall–Kier alpha value is -1.06. The van der Waals surface area contributed by atoms with Crippen molar-refractivity contribution in [2.75, 3.05) is 18.4 Å². The molecule has 2 saturated heterocycles. The van der Waals surface area contributed by atoms with E-state index in [0.717, 1.165) is 31.6 Å². The van der Waals surface area contributed by atoms with Crippen molar-refractivity contribution in [3.63, 3.8) is 0 Å². The van der Waals surface area contributed by atoms with E-state index < -0.39 is 0 Å². The lowest BCUT2D eigenvalue weighted by Gasteiger charge is -2.19. The Balaban J connectivity index is 1.70. The van der Waals surface area contributed by atoms with Crippen molar-refractivity contribution in [3.05, 3.63) is 29.3 Å². The van der Waals surface area contributed by atoms with E-state index in [1.165, 1.54) is 6.42 Å². The molecular formula is C14H17ClN2O. The van der Waals surface area contributed by atoms with Crippen LogP contribution in [0.4, 0.5) is 5.69 Å². The fourth-order valence-electron chi connectivity index (χ4n) is 3.18. The number of amides is 1. The van der Waals surface area contributed by atoms with Gasteiger partial charge in [-0.2, -0.15) is 0 Å². The van der Waals surface area contributed by atoms with E-state index in [1.807, 2.05) is 18.2 Å². The lowest BCUT2D eigenvalue weighted by molar-refractivity contribution is -0.120. The van der Waals surface area contributed by atoms with Crippen molar-refractivity contribution >= 4 is 23.2 Å². The van der Waals surface area contributed by atoms with Gasteiger partial charge < -0.3 is 5.32 Å². The third kappa shape index (κ3) is 2.13. The first kappa shape index (κ1) is 12.0. The van der Waals surface area contributed by atoms with Gasteiger partial charge in [-0.05, 0) is 44.5 Å². The highest BCUT2D eigenvalue weighted by atomic mass is 35.5. The van der Waals surface area contributed by atoms with Gasteiger partial charge in [-0.15, -0.1) is 0 Å². The highest BCUT2D eigenvalue weighted by Gasteiger charge is 2.40. The summed E-state index contributed by atoms with van der Waals surface area (Å²) >= 11 is 6.06. The van der Waals surface area contributed by atoms with Crippen LogP contribution in [0.5, 0.6) is 0 Å². The van der Waals surface area contributed by atoms with Crippen LogP contribution in [-0.2, 0) is 4.79 Å². The minimum absolute atomic E-state index is 0.123. The Bertz CT molecular complexity index is 463. The molecule has 1 aromatic rings. The Labute approximate surface area is 112 Å². The van der Waals surface area contributed by atoms with Crippen molar-refractivity contribution in [2.45, 2.75) is 25.3 Å². The minimum Gasteiger partial charge on any atom is -0.324 e. The monoisotopic (exact) mass is 264 g/mol. The number of anilines is 1. The number of para-hydroxylation sites is 1. The molecule has 2 atom stereocenters. The van der Waals surface area contributed by atoms with E-state index in [9.17, 15) is 4.79 Å². The third-order valence-electron chi connectivity index (χ3n) is 4.07. The second-order valence-corrected chi connectivity index (χ2v) is 5.52. The maximum absolute atomic E-state index is 12.3. The Morgan fingerprint density at radius 1 is 1.28 bits per heavy atom. The third-order valence-corrected chi connectivity index (χ3v) is 4.40. The topological polar surface area (TPSA) is 32.3 Å². The van der Waals surface area contributed by atoms with Gasteiger partial charge in [0, 0.05) is 6.04 Å². The van der Waals surface area contributed by atoms with E-state index in [0.29, 0.717) is 11.1 Å². The molecule has 96 valence electrons. The van der Waals surface area contributed by atoms with E-state index >= 15 is 0 Å². The molecule has 2 aliphatic rings. The molecular weight excluding hydrogens is 248 g/mol. The summed E-state index contributed by atoms with van der Waals surface area (Å²) in [6.07, 6.45) is 3.35. The number of nitrogens with zero attached hydrogens (tertiary/aromatic N) is 1. The van der Waals surface area contributed by atoms with Crippen molar-refractivity contribution < 1.29 is 4.79 Å². The van der Waals surface area contributed by atoms with Crippen molar-refractivity contribution in [1.29, 1.82) is 0 Å². The first-order valence-electron chi connectivity index (χ1n) is 6.55. The molecule has 0 aromatic heterocycles. The van der Waals surface area contributed by atoms with Crippen molar-refractivity contribution in [3.8, 4) is 0 Å². The summed E-state index contributed by atoms with van der Waals surface area (Å²) in [6, 6.07) is 7.85. The average Bonchev–Trinajstić information content (AvgIpc) is 2.93. The molecule has 2 aliphatic heterocycles. The van der Waals surface area contributed by atoms with E-state index in [4.69, 9.17) is 11.6 Å². The molecule has 4 heteroatoms. The molecule has 0 spiro atoms. The van der Waals surface area contributed by atoms with Gasteiger partial charge >= 0.3 is 0 Å². The maximum atomic E-state index is 12.3. The van der Waals surface area contributed by atoms with Gasteiger partial charge in [0.25, 0.3) is 0 Å². The van der Waals surface area contributed by atoms with Gasteiger partial charge in [0.2, 0.25) is 5.91 Å². The number of hydrogen-bond acceptors (Lipinski definition) is 2. The molecule has 3 nitrogen and oxygen atoms in total. The first-order chi connectivity index (χ1) is 8.75. The van der Waals surface area contributed by atoms with Crippen LogP contribution in [0.15, 0.2) is 24.3 Å². The number of rotatable bonds is 2. The summed E-state index contributed by atoms with van der Waals surface area (Å²) < 4.78 is 0. The predicted octanol–water partition coefficient (Wildman–Crippen LogP) is 2.76. The van der Waals surface area contributed by atoms with Crippen LogP contribution in [-0.4, -0.2) is 29.9 Å². The van der Waals surface area contributed by atoms with E-state index in [-0.39, 0.29) is 11.8 Å². The number of halogens is 1. The number of benzene rings is 1. The Morgan fingerprint density at radius 2 is 2.11 bits per heavy atom. The fourth-order valence-corrected chi connectivity index (χ4v) is 3.36. The van der Waals surface area contributed by atoms with Crippen LogP contribution in [0, 0.1) is 5.92 Å². The second kappa shape index (κ2) is 4.90. The molecule has 1 aromatic carbocycles. The zero-order valence-electron chi connectivity index (χ0n) is 10.2. The molecule has 1 amide bonds. The standard InChI is InChI=1S/C14H17ClN2O/c15-11-4-1-2-5-12(11)16-14(18)10-7-9-17-8-3-6-13(10)17/h1-2,4-5,10,13H,3,6-9H2,(H,16,18). The summed E-state index contributed by atoms with van der Waals surface area (Å²) in [7, 11) is 0. The van der Waals surface area contributed by atoms with E-state index in [2.05, 4.69) is 10.2 Å². The molecule has 18 heavy (non-hydrogen) atoms. The Kier molecular flexibility index (Phi) is 3.27. The number of hydrogen-bond donors (Lipinski definition) is 1. The molecule has 0 radical (unpaired) electrons. The largest absolute Gasteiger partial charge is 0.324 e. The van der Waals surface area contributed by atoms with Crippen LogP contribution in [0.3, 0.4) is 0 Å². The van der Waals surface area contributed by atoms with Crippen LogP contribution < -0.4 is 5.32 Å². The van der Waals surface area contributed by atoms with Crippen LogP contribution in [0.25, 0.3) is 0 Å². The van der Waals surface area contributed by atoms with E-state index in [1.54, 1.807) is 6.07 Å². The molecule has 0 aliphatic carbocycles. The SMILES string of the molecule is O=C(Nc1ccccc1Cl)C1CCN2CCCC12. The molecule has 3 rings (SSSR count). The number of carbonyl (C=O) groups is 1. The zero-order valence-corrected chi connectivity index (χ0v) is 11.0. The summed E-state index contributed by atoms with van der Waals surface area (Å²) in [5.41, 5.74) is 0.723. The summed E-state index contributed by atoms with van der Waals surface area (Å²) in [4.78, 5) is 14.8. The molecule has 2 heterocycles. The lowest BCUT2D eigenvalue weighted by Crippen LogP contribution is -2.33. The number of fused-ring (bicyclic) bond motifs is 1. The fraction of sp³-hybridized carbons (Fsp3) is 0.500. The minimum atomic E-state index is 0.123. The highest BCUT2D eigenvalue weighted by Crippen LogP contribution is 2.33. The van der Waals surface area contributed by atoms with Gasteiger partial charge in [-0.25, -0.2) is 0 Å². The normalized spacial score (nSPS) is 27.2. The molecule has 0 saturated carbocycles. The molecule has 1 N–H and O–H groups in total. The highest BCUT2D eigenvalue weighted by molar-refractivity contribution is 6.33. The molecule has 2 fully saturated rings. The smallest absolute Gasteiger partial charge is 0.229 e. The predicted molar refractivity (Wildman–Crippen MR) is 72.8 cm³/mol.